The van der Waals surface area contributed by atoms with Gasteiger partial charge in [-0.1, -0.05) is 42.5 Å². The van der Waals surface area contributed by atoms with Gasteiger partial charge in [-0.15, -0.1) is 0 Å². The Kier molecular flexibility index (Phi) is 7.40. The molecule has 0 saturated heterocycles. The van der Waals surface area contributed by atoms with E-state index in [-0.39, 0.29) is 6.04 Å². The molecule has 2 rings (SSSR count). The second-order valence-corrected chi connectivity index (χ2v) is 6.33. The number of carbonyl (C=O) groups excluding carboxylic acids is 1. The average Bonchev–Trinajstić information content (AvgIpc) is 3.10. The van der Waals surface area contributed by atoms with Crippen LogP contribution < -0.4 is 10.6 Å². The van der Waals surface area contributed by atoms with Gasteiger partial charge < -0.3 is 20.4 Å². The van der Waals surface area contributed by atoms with Crippen LogP contribution in [0.1, 0.15) is 38.1 Å². The Labute approximate surface area is 153 Å². The summed E-state index contributed by atoms with van der Waals surface area (Å²) in [5, 5.41) is 5.98. The first kappa shape index (κ1) is 18.9. The van der Waals surface area contributed by atoms with Crippen LogP contribution in [0.3, 0.4) is 0 Å². The first-order valence-electron chi connectivity index (χ1n) is 8.29. The van der Waals surface area contributed by atoms with Gasteiger partial charge in [-0.2, -0.15) is 0 Å². The number of benzene rings is 1. The molecule has 0 aliphatic heterocycles. The second kappa shape index (κ2) is 9.78. The van der Waals surface area contributed by atoms with Crippen molar-refractivity contribution < 1.29 is 9.53 Å². The Balaban J connectivity index is 2.01. The maximum Gasteiger partial charge on any atom is 0.407 e. The maximum atomic E-state index is 11.6. The van der Waals surface area contributed by atoms with Gasteiger partial charge in [-0.3, -0.25) is 0 Å². The number of unbranched alkanes of at least 4 members (excludes halogenated alkanes) is 1. The van der Waals surface area contributed by atoms with Crippen molar-refractivity contribution in [2.45, 2.75) is 32.2 Å². The predicted molar refractivity (Wildman–Crippen MR) is 102 cm³/mol. The molecule has 25 heavy (non-hydrogen) atoms. The van der Waals surface area contributed by atoms with Crippen LogP contribution in [0.15, 0.2) is 36.5 Å². The van der Waals surface area contributed by atoms with E-state index in [0.29, 0.717) is 0 Å². The summed E-state index contributed by atoms with van der Waals surface area (Å²) < 4.78 is 4.73. The summed E-state index contributed by atoms with van der Waals surface area (Å²) in [6, 6.07) is 9.73. The van der Waals surface area contributed by atoms with E-state index in [1.165, 1.54) is 7.11 Å². The molecule has 2 aromatic rings. The normalized spacial score (nSPS) is 11.6. The summed E-state index contributed by atoms with van der Waals surface area (Å²) in [6.45, 7) is 2.69. The van der Waals surface area contributed by atoms with E-state index in [4.69, 9.17) is 17.0 Å². The Morgan fingerprint density at radius 1 is 1.32 bits per heavy atom. The fourth-order valence-electron chi connectivity index (χ4n) is 2.49. The third-order valence-corrected chi connectivity index (χ3v) is 3.93. The van der Waals surface area contributed by atoms with Gasteiger partial charge in [-0.05, 0) is 31.7 Å². The van der Waals surface area contributed by atoms with Crippen molar-refractivity contribution in [2.24, 2.45) is 0 Å². The number of alkyl carbamates (subject to hydrolysis) is 1. The lowest BCUT2D eigenvalue weighted by Gasteiger charge is -2.16. The zero-order valence-corrected chi connectivity index (χ0v) is 15.4. The molecule has 1 aromatic heterocycles. The van der Waals surface area contributed by atoms with E-state index >= 15 is 0 Å². The molecule has 3 N–H and O–H groups in total. The highest BCUT2D eigenvalue weighted by molar-refractivity contribution is 7.80. The number of carbonyl (C=O) groups is 1. The molecule has 0 saturated carbocycles. The molecule has 0 aliphatic rings. The highest BCUT2D eigenvalue weighted by Crippen LogP contribution is 2.22. The van der Waals surface area contributed by atoms with Crippen LogP contribution in [0, 0.1) is 0 Å². The number of aromatic nitrogens is 2. The number of imidazole rings is 1. The molecule has 0 bridgehead atoms. The molecular formula is C18H24N4O2S. The molecule has 0 aliphatic carbocycles. The van der Waals surface area contributed by atoms with Crippen LogP contribution >= 0.6 is 12.2 Å². The minimum Gasteiger partial charge on any atom is -0.453 e. The van der Waals surface area contributed by atoms with Crippen molar-refractivity contribution in [1.29, 1.82) is 0 Å². The number of amides is 1. The van der Waals surface area contributed by atoms with Gasteiger partial charge in [0.2, 0.25) is 0 Å². The molecule has 7 heteroatoms. The molecule has 0 spiro atoms. The summed E-state index contributed by atoms with van der Waals surface area (Å²) in [6.07, 6.45) is 3.96. The third-order valence-electron chi connectivity index (χ3n) is 3.78. The predicted octanol–water partition coefficient (Wildman–Crippen LogP) is 3.58. The highest BCUT2D eigenvalue weighted by Gasteiger charge is 2.18. The minimum atomic E-state index is -0.462. The van der Waals surface area contributed by atoms with Gasteiger partial charge in [0, 0.05) is 6.54 Å². The molecule has 0 unspecified atom stereocenters. The van der Waals surface area contributed by atoms with Gasteiger partial charge in [0.05, 0.1) is 30.0 Å². The van der Waals surface area contributed by atoms with Crippen LogP contribution in [0.2, 0.25) is 0 Å². The van der Waals surface area contributed by atoms with Crippen LogP contribution in [0.4, 0.5) is 4.79 Å². The summed E-state index contributed by atoms with van der Waals surface area (Å²) in [4.78, 5) is 20.2. The summed E-state index contributed by atoms with van der Waals surface area (Å²) in [7, 11) is 1.36. The number of H-pyrrole nitrogens is 1. The molecule has 0 radical (unpaired) electrons. The number of rotatable bonds is 8. The number of hydrogen-bond acceptors (Lipinski definition) is 4. The SMILES string of the molecule is COC(=O)N[C@@H](CCCCNC(C)=S)c1ncc(-c2ccccc2)[nH]1. The fourth-order valence-corrected chi connectivity index (χ4v) is 2.60. The van der Waals surface area contributed by atoms with Gasteiger partial charge in [-0.25, -0.2) is 9.78 Å². The van der Waals surface area contributed by atoms with Crippen molar-refractivity contribution in [3.63, 3.8) is 0 Å². The summed E-state index contributed by atoms with van der Waals surface area (Å²) in [5.41, 5.74) is 1.98. The second-order valence-electron chi connectivity index (χ2n) is 5.72. The van der Waals surface area contributed by atoms with Crippen LogP contribution in [0.25, 0.3) is 11.3 Å². The van der Waals surface area contributed by atoms with Gasteiger partial charge in [0.1, 0.15) is 5.82 Å². The molecule has 6 nitrogen and oxygen atoms in total. The lowest BCUT2D eigenvalue weighted by atomic mass is 10.1. The number of methoxy groups -OCH3 is 1. The fraction of sp³-hybridized carbons (Fsp3) is 0.389. The van der Waals surface area contributed by atoms with E-state index < -0.39 is 6.09 Å². The Hall–Kier alpha value is -2.41. The van der Waals surface area contributed by atoms with E-state index in [0.717, 1.165) is 47.9 Å². The molecule has 134 valence electrons. The van der Waals surface area contributed by atoms with Crippen LogP contribution in [0.5, 0.6) is 0 Å². The molecule has 1 amide bonds. The van der Waals surface area contributed by atoms with Crippen molar-refractivity contribution in [2.75, 3.05) is 13.7 Å². The molecule has 0 fully saturated rings. The van der Waals surface area contributed by atoms with Crippen molar-refractivity contribution in [1.82, 2.24) is 20.6 Å². The Bertz CT molecular complexity index is 687. The van der Waals surface area contributed by atoms with E-state index in [1.54, 1.807) is 6.20 Å². The minimum absolute atomic E-state index is 0.224. The number of nitrogens with zero attached hydrogens (tertiary/aromatic N) is 1. The molecule has 1 aromatic carbocycles. The largest absolute Gasteiger partial charge is 0.453 e. The number of hydrogen-bond donors (Lipinski definition) is 3. The van der Waals surface area contributed by atoms with Crippen LogP contribution in [-0.2, 0) is 4.74 Å². The average molecular weight is 360 g/mol. The smallest absolute Gasteiger partial charge is 0.407 e. The first-order chi connectivity index (χ1) is 12.1. The van der Waals surface area contributed by atoms with Gasteiger partial charge >= 0.3 is 6.09 Å². The summed E-state index contributed by atoms with van der Waals surface area (Å²) in [5.74, 6) is 0.725. The zero-order chi connectivity index (χ0) is 18.1. The molecule has 1 heterocycles. The van der Waals surface area contributed by atoms with Crippen molar-refractivity contribution in [3.8, 4) is 11.3 Å². The Morgan fingerprint density at radius 2 is 2.08 bits per heavy atom. The van der Waals surface area contributed by atoms with Gasteiger partial charge in [0.15, 0.2) is 0 Å². The standard InChI is InChI=1S/C18H24N4O2S/c1-13(25)19-11-7-6-10-15(22-18(23)24-2)17-20-12-16(21-17)14-8-4-3-5-9-14/h3-5,8-9,12,15H,6-7,10-11H2,1-2H3,(H,19,25)(H,20,21)(H,22,23)/t15-/m0/s1. The highest BCUT2D eigenvalue weighted by atomic mass is 32.1. The van der Waals surface area contributed by atoms with E-state index in [1.807, 2.05) is 37.3 Å². The monoisotopic (exact) mass is 360 g/mol. The summed E-state index contributed by atoms with van der Waals surface area (Å²) >= 11 is 5.00. The quantitative estimate of drug-likeness (QED) is 0.495. The maximum absolute atomic E-state index is 11.6. The number of ether oxygens (including phenoxy) is 1. The lowest BCUT2D eigenvalue weighted by molar-refractivity contribution is 0.165. The lowest BCUT2D eigenvalue weighted by Crippen LogP contribution is -2.29. The van der Waals surface area contributed by atoms with Gasteiger partial charge in [0.25, 0.3) is 0 Å². The molecular weight excluding hydrogens is 336 g/mol. The van der Waals surface area contributed by atoms with E-state index in [9.17, 15) is 4.79 Å². The third kappa shape index (κ3) is 6.19. The number of nitrogens with one attached hydrogen (secondary N) is 3. The van der Waals surface area contributed by atoms with E-state index in [2.05, 4.69) is 20.6 Å². The van der Waals surface area contributed by atoms with Crippen LogP contribution in [-0.4, -0.2) is 34.7 Å². The first-order valence-corrected chi connectivity index (χ1v) is 8.70. The molecule has 1 atom stereocenters. The number of thiocarbonyl (C=S) groups is 1. The number of aromatic amines is 1. The zero-order valence-electron chi connectivity index (χ0n) is 14.5. The Morgan fingerprint density at radius 3 is 2.76 bits per heavy atom. The van der Waals surface area contributed by atoms with Crippen molar-refractivity contribution in [3.05, 3.63) is 42.4 Å². The van der Waals surface area contributed by atoms with Crippen molar-refractivity contribution >= 4 is 23.3 Å². The topological polar surface area (TPSA) is 79.0 Å².